The normalized spacial score (nSPS) is 14.2. The molecule has 0 spiro atoms. The molecule has 1 aliphatic rings. The minimum absolute atomic E-state index is 0.118. The fourth-order valence-corrected chi connectivity index (χ4v) is 3.51. The second-order valence-electron chi connectivity index (χ2n) is 6.61. The van der Waals surface area contributed by atoms with Gasteiger partial charge in [0.2, 0.25) is 0 Å². The van der Waals surface area contributed by atoms with Crippen LogP contribution < -0.4 is 15.0 Å². The van der Waals surface area contributed by atoms with Gasteiger partial charge in [-0.2, -0.15) is 0 Å². The van der Waals surface area contributed by atoms with Crippen LogP contribution in [0.4, 0.5) is 5.69 Å². The zero-order chi connectivity index (χ0) is 20.5. The van der Waals surface area contributed by atoms with Gasteiger partial charge in [-0.1, -0.05) is 6.07 Å². The summed E-state index contributed by atoms with van der Waals surface area (Å²) < 4.78 is 12.5. The van der Waals surface area contributed by atoms with E-state index in [-0.39, 0.29) is 16.6 Å². The summed E-state index contributed by atoms with van der Waals surface area (Å²) in [6.07, 6.45) is 2.63. The highest BCUT2D eigenvalue weighted by molar-refractivity contribution is 5.86. The number of benzene rings is 2. The van der Waals surface area contributed by atoms with Crippen molar-refractivity contribution in [3.8, 4) is 11.5 Å². The van der Waals surface area contributed by atoms with Crippen LogP contribution in [0.25, 0.3) is 22.6 Å². The van der Waals surface area contributed by atoms with Crippen molar-refractivity contribution in [2.75, 3.05) is 13.7 Å². The van der Waals surface area contributed by atoms with Crippen molar-refractivity contribution in [2.24, 2.45) is 0 Å². The van der Waals surface area contributed by atoms with Gasteiger partial charge in [0.05, 0.1) is 29.5 Å². The second-order valence-corrected chi connectivity index (χ2v) is 6.61. The quantitative estimate of drug-likeness (QED) is 0.485. The van der Waals surface area contributed by atoms with E-state index >= 15 is 0 Å². The lowest BCUT2D eigenvalue weighted by Crippen LogP contribution is -2.20. The Bertz CT molecular complexity index is 1210. The van der Waals surface area contributed by atoms with Gasteiger partial charge in [-0.25, -0.2) is 4.98 Å². The van der Waals surface area contributed by atoms with Gasteiger partial charge in [-0.3, -0.25) is 19.5 Å². The monoisotopic (exact) mass is 393 g/mol. The number of nitro groups is 1. The summed E-state index contributed by atoms with van der Waals surface area (Å²) in [5.74, 6) is 1.89. The van der Waals surface area contributed by atoms with Crippen LogP contribution in [0.2, 0.25) is 0 Å². The molecule has 148 valence electrons. The van der Waals surface area contributed by atoms with Gasteiger partial charge in [-0.05, 0) is 48.8 Å². The van der Waals surface area contributed by atoms with E-state index in [2.05, 4.69) is 4.98 Å². The highest BCUT2D eigenvalue weighted by Gasteiger charge is 2.22. The van der Waals surface area contributed by atoms with Crippen LogP contribution in [0.5, 0.6) is 11.5 Å². The molecule has 1 aromatic heterocycles. The fraction of sp³-hybridized carbons (Fsp3) is 0.238. The Labute approximate surface area is 166 Å². The molecule has 2 heterocycles. The molecule has 3 aromatic rings. The first-order valence-electron chi connectivity index (χ1n) is 9.22. The van der Waals surface area contributed by atoms with Crippen molar-refractivity contribution < 1.29 is 14.4 Å². The molecule has 0 radical (unpaired) electrons. The maximum Gasteiger partial charge on any atom is 0.270 e. The molecule has 0 aliphatic carbocycles. The lowest BCUT2D eigenvalue weighted by Gasteiger charge is -2.10. The SMILES string of the molecule is CCOc1cc(/C=C2\CCn3c2nc2ccc([N+](=O)[O-])cc2c3=O)ccc1OC. The van der Waals surface area contributed by atoms with Crippen molar-refractivity contribution >= 4 is 28.2 Å². The van der Waals surface area contributed by atoms with E-state index in [4.69, 9.17) is 9.47 Å². The first-order valence-corrected chi connectivity index (χ1v) is 9.22. The van der Waals surface area contributed by atoms with Gasteiger partial charge in [0, 0.05) is 18.7 Å². The van der Waals surface area contributed by atoms with Crippen LogP contribution in [0.1, 0.15) is 24.7 Å². The van der Waals surface area contributed by atoms with Crippen LogP contribution in [-0.2, 0) is 6.54 Å². The summed E-state index contributed by atoms with van der Waals surface area (Å²) in [6.45, 7) is 2.91. The minimum atomic E-state index is -0.512. The number of methoxy groups -OCH3 is 1. The van der Waals surface area contributed by atoms with Gasteiger partial charge < -0.3 is 9.47 Å². The molecule has 0 saturated carbocycles. The molecule has 0 N–H and O–H groups in total. The molecule has 8 nitrogen and oxygen atoms in total. The summed E-state index contributed by atoms with van der Waals surface area (Å²) in [7, 11) is 1.59. The number of rotatable bonds is 5. The van der Waals surface area contributed by atoms with Crippen LogP contribution in [0.15, 0.2) is 41.2 Å². The first kappa shape index (κ1) is 18.7. The maximum absolute atomic E-state index is 12.9. The van der Waals surface area contributed by atoms with E-state index in [0.29, 0.717) is 42.4 Å². The van der Waals surface area contributed by atoms with Crippen molar-refractivity contribution in [2.45, 2.75) is 19.9 Å². The van der Waals surface area contributed by atoms with Crippen LogP contribution in [0, 0.1) is 10.1 Å². The zero-order valence-electron chi connectivity index (χ0n) is 16.0. The number of hydrogen-bond acceptors (Lipinski definition) is 6. The minimum Gasteiger partial charge on any atom is -0.493 e. The molecule has 8 heteroatoms. The van der Waals surface area contributed by atoms with E-state index in [9.17, 15) is 14.9 Å². The van der Waals surface area contributed by atoms with E-state index < -0.39 is 4.92 Å². The van der Waals surface area contributed by atoms with E-state index in [1.54, 1.807) is 11.7 Å². The predicted molar refractivity (Wildman–Crippen MR) is 109 cm³/mol. The van der Waals surface area contributed by atoms with Crippen molar-refractivity contribution in [1.29, 1.82) is 0 Å². The molecule has 29 heavy (non-hydrogen) atoms. The fourth-order valence-electron chi connectivity index (χ4n) is 3.51. The summed E-state index contributed by atoms with van der Waals surface area (Å²) >= 11 is 0. The number of nitrogens with zero attached hydrogens (tertiary/aromatic N) is 3. The topological polar surface area (TPSA) is 96.5 Å². The Hall–Kier alpha value is -3.68. The Balaban J connectivity index is 1.80. The third-order valence-corrected chi connectivity index (χ3v) is 4.87. The molecule has 0 amide bonds. The molecule has 1 aliphatic heterocycles. The number of hydrogen-bond donors (Lipinski definition) is 0. The lowest BCUT2D eigenvalue weighted by molar-refractivity contribution is -0.384. The van der Waals surface area contributed by atoms with Crippen LogP contribution in [-0.4, -0.2) is 28.2 Å². The second kappa shape index (κ2) is 7.38. The van der Waals surface area contributed by atoms with E-state index in [0.717, 1.165) is 11.1 Å². The number of fused-ring (bicyclic) bond motifs is 2. The third kappa shape index (κ3) is 3.33. The lowest BCUT2D eigenvalue weighted by atomic mass is 10.1. The van der Waals surface area contributed by atoms with Crippen molar-refractivity contribution in [1.82, 2.24) is 9.55 Å². The Kier molecular flexibility index (Phi) is 4.75. The van der Waals surface area contributed by atoms with Gasteiger partial charge in [-0.15, -0.1) is 0 Å². The standard InChI is InChI=1S/C21H19N3O5/c1-3-29-19-11-13(4-7-18(19)28-2)10-14-8-9-23-20(14)22-17-6-5-15(24(26)27)12-16(17)21(23)25/h4-7,10-12H,3,8-9H2,1-2H3/b14-10+. The molecule has 0 atom stereocenters. The Morgan fingerprint density at radius 2 is 2.07 bits per heavy atom. The Morgan fingerprint density at radius 3 is 2.79 bits per heavy atom. The van der Waals surface area contributed by atoms with Gasteiger partial charge in [0.15, 0.2) is 11.5 Å². The number of ether oxygens (including phenoxy) is 2. The summed E-state index contributed by atoms with van der Waals surface area (Å²) in [5.41, 5.74) is 1.91. The smallest absolute Gasteiger partial charge is 0.270 e. The summed E-state index contributed by atoms with van der Waals surface area (Å²) in [4.78, 5) is 28.0. The van der Waals surface area contributed by atoms with E-state index in [1.165, 1.54) is 18.2 Å². The highest BCUT2D eigenvalue weighted by atomic mass is 16.6. The van der Waals surface area contributed by atoms with Gasteiger partial charge in [0.25, 0.3) is 11.2 Å². The number of nitro benzene ring substituents is 1. The summed E-state index contributed by atoms with van der Waals surface area (Å²) in [5, 5.41) is 11.3. The first-order chi connectivity index (χ1) is 14.0. The molecule has 2 aromatic carbocycles. The zero-order valence-corrected chi connectivity index (χ0v) is 16.0. The molecule has 0 bridgehead atoms. The molecule has 0 fully saturated rings. The molecule has 0 unspecified atom stereocenters. The van der Waals surface area contributed by atoms with Gasteiger partial charge >= 0.3 is 0 Å². The molecular formula is C21H19N3O5. The number of allylic oxidation sites excluding steroid dienone is 1. The van der Waals surface area contributed by atoms with Crippen molar-refractivity contribution in [3.63, 3.8) is 0 Å². The van der Waals surface area contributed by atoms with E-state index in [1.807, 2.05) is 31.2 Å². The molecule has 0 saturated heterocycles. The predicted octanol–water partition coefficient (Wildman–Crippen LogP) is 3.66. The number of aromatic nitrogens is 2. The number of non-ortho nitro benzene ring substituents is 1. The maximum atomic E-state index is 12.9. The average Bonchev–Trinajstić information content (AvgIpc) is 3.11. The Morgan fingerprint density at radius 1 is 1.24 bits per heavy atom. The van der Waals surface area contributed by atoms with Crippen molar-refractivity contribution in [3.05, 3.63) is 68.3 Å². The van der Waals surface area contributed by atoms with Crippen LogP contribution >= 0.6 is 0 Å². The highest BCUT2D eigenvalue weighted by Crippen LogP contribution is 2.32. The van der Waals surface area contributed by atoms with Crippen LogP contribution in [0.3, 0.4) is 0 Å². The molecule has 4 rings (SSSR count). The summed E-state index contributed by atoms with van der Waals surface area (Å²) in [6, 6.07) is 9.82. The van der Waals surface area contributed by atoms with Gasteiger partial charge in [0.1, 0.15) is 5.82 Å². The molecular weight excluding hydrogens is 374 g/mol. The third-order valence-electron chi connectivity index (χ3n) is 4.87. The largest absolute Gasteiger partial charge is 0.493 e. The average molecular weight is 393 g/mol.